The monoisotopic (exact) mass is 288 g/mol. The highest BCUT2D eigenvalue weighted by atomic mass is 79.9. The fraction of sp³-hybridized carbons (Fsp3) is 0.500. The average molecular weight is 289 g/mol. The summed E-state index contributed by atoms with van der Waals surface area (Å²) in [6, 6.07) is 4.95. The van der Waals surface area contributed by atoms with Gasteiger partial charge in [-0.1, -0.05) is 29.8 Å². The predicted octanol–water partition coefficient (Wildman–Crippen LogP) is 2.66. The summed E-state index contributed by atoms with van der Waals surface area (Å²) in [4.78, 5) is 0. The zero-order chi connectivity index (χ0) is 12.1. The van der Waals surface area contributed by atoms with Crippen molar-refractivity contribution in [3.63, 3.8) is 0 Å². The number of benzene rings is 1. The lowest BCUT2D eigenvalue weighted by molar-refractivity contribution is 0.404. The maximum atomic E-state index is 13.0. The number of rotatable bonds is 5. The number of nitrogens with one attached hydrogen (secondary N) is 1. The molecule has 3 N–H and O–H groups in total. The van der Waals surface area contributed by atoms with Crippen LogP contribution < -0.4 is 11.1 Å². The summed E-state index contributed by atoms with van der Waals surface area (Å²) in [7, 11) is 0. The van der Waals surface area contributed by atoms with Crippen molar-refractivity contribution in [3.05, 3.63) is 34.1 Å². The zero-order valence-corrected chi connectivity index (χ0v) is 11.2. The van der Waals surface area contributed by atoms with Crippen LogP contribution >= 0.6 is 15.9 Å². The van der Waals surface area contributed by atoms with Gasteiger partial charge in [-0.15, -0.1) is 0 Å². The third-order valence-electron chi connectivity index (χ3n) is 2.62. The molecule has 0 saturated carbocycles. The van der Waals surface area contributed by atoms with E-state index in [2.05, 4.69) is 35.1 Å². The van der Waals surface area contributed by atoms with Crippen LogP contribution in [-0.2, 0) is 6.54 Å². The first-order chi connectivity index (χ1) is 7.54. The Labute approximate surface area is 105 Å². The molecule has 0 saturated heterocycles. The first-order valence-corrected chi connectivity index (χ1v) is 6.21. The van der Waals surface area contributed by atoms with Gasteiger partial charge in [0, 0.05) is 23.6 Å². The third kappa shape index (κ3) is 3.85. The summed E-state index contributed by atoms with van der Waals surface area (Å²) < 4.78 is 14.0. The zero-order valence-electron chi connectivity index (χ0n) is 9.63. The van der Waals surface area contributed by atoms with Gasteiger partial charge in [0.25, 0.3) is 0 Å². The summed E-state index contributed by atoms with van der Waals surface area (Å²) in [6.07, 6.45) is 0. The Morgan fingerprint density at radius 1 is 1.44 bits per heavy atom. The van der Waals surface area contributed by atoms with E-state index in [1.165, 1.54) is 12.1 Å². The van der Waals surface area contributed by atoms with Crippen molar-refractivity contribution < 1.29 is 4.39 Å². The largest absolute Gasteiger partial charge is 0.329 e. The lowest BCUT2D eigenvalue weighted by Crippen LogP contribution is -2.39. The van der Waals surface area contributed by atoms with Crippen LogP contribution in [0, 0.1) is 11.7 Å². The smallest absolute Gasteiger partial charge is 0.123 e. The van der Waals surface area contributed by atoms with Crippen molar-refractivity contribution in [1.82, 2.24) is 5.32 Å². The molecular formula is C12H18BrFN2. The molecule has 0 heterocycles. The summed E-state index contributed by atoms with van der Waals surface area (Å²) in [5.74, 6) is 0.256. The van der Waals surface area contributed by atoms with Gasteiger partial charge >= 0.3 is 0 Å². The quantitative estimate of drug-likeness (QED) is 0.874. The van der Waals surface area contributed by atoms with Gasteiger partial charge in [0.2, 0.25) is 0 Å². The minimum Gasteiger partial charge on any atom is -0.329 e. The molecule has 0 fully saturated rings. The molecule has 0 aliphatic heterocycles. The minimum absolute atomic E-state index is 0.214. The van der Waals surface area contributed by atoms with Gasteiger partial charge in [0.1, 0.15) is 5.82 Å². The van der Waals surface area contributed by atoms with Gasteiger partial charge in [-0.05, 0) is 29.7 Å². The predicted molar refractivity (Wildman–Crippen MR) is 68.6 cm³/mol. The highest BCUT2D eigenvalue weighted by molar-refractivity contribution is 9.10. The fourth-order valence-corrected chi connectivity index (χ4v) is 1.90. The number of hydrogen-bond donors (Lipinski definition) is 2. The molecule has 90 valence electrons. The molecule has 1 unspecified atom stereocenters. The number of nitrogens with two attached hydrogens (primary N) is 1. The van der Waals surface area contributed by atoms with E-state index in [4.69, 9.17) is 5.73 Å². The van der Waals surface area contributed by atoms with E-state index < -0.39 is 0 Å². The van der Waals surface area contributed by atoms with Crippen LogP contribution in [0.25, 0.3) is 0 Å². The molecule has 1 atom stereocenters. The highest BCUT2D eigenvalue weighted by Crippen LogP contribution is 2.18. The Bertz CT molecular complexity index is 342. The molecule has 1 aromatic rings. The van der Waals surface area contributed by atoms with Gasteiger partial charge in [-0.2, -0.15) is 0 Å². The molecule has 0 aromatic heterocycles. The van der Waals surface area contributed by atoms with E-state index in [0.717, 1.165) is 10.0 Å². The third-order valence-corrected chi connectivity index (χ3v) is 3.39. The van der Waals surface area contributed by atoms with E-state index >= 15 is 0 Å². The Balaban J connectivity index is 2.63. The van der Waals surface area contributed by atoms with Crippen molar-refractivity contribution in [2.45, 2.75) is 26.4 Å². The molecular weight excluding hydrogens is 271 g/mol. The standard InChI is InChI=1S/C12H18BrFN2/c1-8(2)12(6-15)16-7-9-5-10(14)3-4-11(9)13/h3-5,8,12,16H,6-7,15H2,1-2H3. The lowest BCUT2D eigenvalue weighted by Gasteiger charge is -2.20. The highest BCUT2D eigenvalue weighted by Gasteiger charge is 2.11. The SMILES string of the molecule is CC(C)C(CN)NCc1cc(F)ccc1Br. The maximum absolute atomic E-state index is 13.0. The fourth-order valence-electron chi connectivity index (χ4n) is 1.51. The summed E-state index contributed by atoms with van der Waals surface area (Å²) in [5, 5.41) is 3.33. The lowest BCUT2D eigenvalue weighted by atomic mass is 10.0. The number of halogens is 2. The van der Waals surface area contributed by atoms with Crippen LogP contribution in [-0.4, -0.2) is 12.6 Å². The second kappa shape index (κ2) is 6.33. The van der Waals surface area contributed by atoms with Crippen LogP contribution in [0.2, 0.25) is 0 Å². The molecule has 0 aliphatic rings. The van der Waals surface area contributed by atoms with Crippen LogP contribution in [0.15, 0.2) is 22.7 Å². The summed E-state index contributed by atoms with van der Waals surface area (Å²) in [6.45, 7) is 5.44. The van der Waals surface area contributed by atoms with Gasteiger partial charge in [-0.3, -0.25) is 0 Å². The molecule has 1 rings (SSSR count). The van der Waals surface area contributed by atoms with Gasteiger partial charge in [0.05, 0.1) is 0 Å². The number of hydrogen-bond acceptors (Lipinski definition) is 2. The molecule has 2 nitrogen and oxygen atoms in total. The molecule has 1 aromatic carbocycles. The van der Waals surface area contributed by atoms with E-state index in [9.17, 15) is 4.39 Å². The second-order valence-corrected chi connectivity index (χ2v) is 5.06. The molecule has 0 amide bonds. The van der Waals surface area contributed by atoms with E-state index in [1.54, 1.807) is 6.07 Å². The topological polar surface area (TPSA) is 38.0 Å². The van der Waals surface area contributed by atoms with Crippen LogP contribution in [0.4, 0.5) is 4.39 Å². The van der Waals surface area contributed by atoms with Crippen LogP contribution in [0.5, 0.6) is 0 Å². The first kappa shape index (κ1) is 13.6. The van der Waals surface area contributed by atoms with Gasteiger partial charge < -0.3 is 11.1 Å². The molecule has 0 bridgehead atoms. The van der Waals surface area contributed by atoms with E-state index in [-0.39, 0.29) is 11.9 Å². The van der Waals surface area contributed by atoms with Crippen molar-refractivity contribution in [3.8, 4) is 0 Å². The average Bonchev–Trinajstić information content (AvgIpc) is 2.23. The normalized spacial score (nSPS) is 13.1. The minimum atomic E-state index is -0.214. The molecule has 0 spiro atoms. The molecule has 16 heavy (non-hydrogen) atoms. The van der Waals surface area contributed by atoms with Gasteiger partial charge in [-0.25, -0.2) is 4.39 Å². The van der Waals surface area contributed by atoms with Crippen LogP contribution in [0.3, 0.4) is 0 Å². The Kier molecular flexibility index (Phi) is 5.38. The van der Waals surface area contributed by atoms with Crippen molar-refractivity contribution in [2.24, 2.45) is 11.7 Å². The Hall–Kier alpha value is -0.450. The Morgan fingerprint density at radius 3 is 2.69 bits per heavy atom. The van der Waals surface area contributed by atoms with E-state index in [1.807, 2.05) is 0 Å². The Morgan fingerprint density at radius 2 is 2.12 bits per heavy atom. The maximum Gasteiger partial charge on any atom is 0.123 e. The summed E-state index contributed by atoms with van der Waals surface area (Å²) >= 11 is 3.40. The van der Waals surface area contributed by atoms with Crippen molar-refractivity contribution in [2.75, 3.05) is 6.54 Å². The van der Waals surface area contributed by atoms with Crippen molar-refractivity contribution >= 4 is 15.9 Å². The molecule has 0 aliphatic carbocycles. The first-order valence-electron chi connectivity index (χ1n) is 5.42. The second-order valence-electron chi connectivity index (χ2n) is 4.20. The van der Waals surface area contributed by atoms with Gasteiger partial charge in [0.15, 0.2) is 0 Å². The summed E-state index contributed by atoms with van der Waals surface area (Å²) in [5.41, 5.74) is 6.57. The van der Waals surface area contributed by atoms with E-state index in [0.29, 0.717) is 19.0 Å². The van der Waals surface area contributed by atoms with Crippen LogP contribution in [0.1, 0.15) is 19.4 Å². The van der Waals surface area contributed by atoms with Crippen molar-refractivity contribution in [1.29, 1.82) is 0 Å². The molecule has 4 heteroatoms. The molecule has 0 radical (unpaired) electrons.